The van der Waals surface area contributed by atoms with Crippen molar-refractivity contribution in [2.45, 2.75) is 0 Å². The van der Waals surface area contributed by atoms with Gasteiger partial charge in [0.15, 0.2) is 0 Å². The van der Waals surface area contributed by atoms with E-state index in [1.54, 1.807) is 48.5 Å². The zero-order valence-electron chi connectivity index (χ0n) is 11.9. The number of amides is 1. The molecule has 1 heterocycles. The molecule has 0 radical (unpaired) electrons. The first kappa shape index (κ1) is 15.0. The van der Waals surface area contributed by atoms with Crippen molar-refractivity contribution in [2.75, 3.05) is 5.32 Å². The van der Waals surface area contributed by atoms with Gasteiger partial charge in [0.05, 0.1) is 6.20 Å². The number of aromatic nitrogens is 2. The van der Waals surface area contributed by atoms with Crippen molar-refractivity contribution in [3.63, 3.8) is 0 Å². The molecule has 0 bridgehead atoms. The van der Waals surface area contributed by atoms with Crippen LogP contribution in [-0.2, 0) is 0 Å². The molecule has 6 heteroatoms. The zero-order valence-corrected chi connectivity index (χ0v) is 12.7. The van der Waals surface area contributed by atoms with Crippen LogP contribution in [0.25, 0.3) is 0 Å². The van der Waals surface area contributed by atoms with Gasteiger partial charge in [-0.05, 0) is 48.5 Å². The first-order valence-corrected chi connectivity index (χ1v) is 7.19. The van der Waals surface area contributed by atoms with Crippen molar-refractivity contribution in [1.82, 2.24) is 9.97 Å². The lowest BCUT2D eigenvalue weighted by Crippen LogP contribution is -2.13. The first-order valence-electron chi connectivity index (χ1n) is 6.81. The van der Waals surface area contributed by atoms with E-state index in [-0.39, 0.29) is 11.6 Å². The van der Waals surface area contributed by atoms with Crippen molar-refractivity contribution in [2.24, 2.45) is 0 Å². The third kappa shape index (κ3) is 4.05. The molecule has 0 aliphatic heterocycles. The van der Waals surface area contributed by atoms with Crippen LogP contribution in [0.5, 0.6) is 11.5 Å². The molecule has 5 nitrogen and oxygen atoms in total. The van der Waals surface area contributed by atoms with E-state index in [4.69, 9.17) is 16.3 Å². The van der Waals surface area contributed by atoms with Gasteiger partial charge in [-0.25, -0.2) is 4.98 Å². The number of nitrogens with one attached hydrogen (secondary N) is 1. The van der Waals surface area contributed by atoms with Crippen molar-refractivity contribution in [1.29, 1.82) is 0 Å². The highest BCUT2D eigenvalue weighted by atomic mass is 35.5. The first-order chi connectivity index (χ1) is 11.2. The summed E-state index contributed by atoms with van der Waals surface area (Å²) in [5, 5.41) is 3.39. The second-order valence-corrected chi connectivity index (χ2v) is 5.06. The number of rotatable bonds is 4. The highest BCUT2D eigenvalue weighted by Crippen LogP contribution is 2.24. The molecule has 3 aromatic rings. The molecule has 1 aromatic heterocycles. The van der Waals surface area contributed by atoms with Crippen molar-refractivity contribution in [3.05, 3.63) is 77.8 Å². The molecule has 0 aliphatic carbocycles. The van der Waals surface area contributed by atoms with Gasteiger partial charge >= 0.3 is 0 Å². The van der Waals surface area contributed by atoms with Gasteiger partial charge in [-0.2, -0.15) is 0 Å². The summed E-state index contributed by atoms with van der Waals surface area (Å²) in [5.41, 5.74) is 0.901. The molecule has 3 rings (SSSR count). The minimum absolute atomic E-state index is 0.258. The Balaban J connectivity index is 1.65. The minimum Gasteiger partial charge on any atom is -0.457 e. The lowest BCUT2D eigenvalue weighted by atomic mass is 10.3. The third-order valence-corrected chi connectivity index (χ3v) is 3.21. The van der Waals surface area contributed by atoms with E-state index in [0.717, 1.165) is 0 Å². The maximum absolute atomic E-state index is 12.0. The Morgan fingerprint density at radius 2 is 1.61 bits per heavy atom. The summed E-state index contributed by atoms with van der Waals surface area (Å²) in [5.74, 6) is 1.03. The van der Waals surface area contributed by atoms with Crippen LogP contribution < -0.4 is 10.1 Å². The Bertz CT molecular complexity index is 790. The smallest absolute Gasteiger partial charge is 0.275 e. The molecule has 0 fully saturated rings. The lowest BCUT2D eigenvalue weighted by Gasteiger charge is -2.08. The molecule has 0 unspecified atom stereocenters. The fourth-order valence-electron chi connectivity index (χ4n) is 1.86. The average molecular weight is 326 g/mol. The van der Waals surface area contributed by atoms with Crippen LogP contribution in [0.15, 0.2) is 67.1 Å². The molecule has 1 N–H and O–H groups in total. The SMILES string of the molecule is O=C(Nc1ccc(Oc2ccc(Cl)cc2)cc1)c1cnccn1. The van der Waals surface area contributed by atoms with Gasteiger partial charge in [0.25, 0.3) is 5.91 Å². The second kappa shape index (κ2) is 6.89. The van der Waals surface area contributed by atoms with E-state index >= 15 is 0 Å². The van der Waals surface area contributed by atoms with Crippen LogP contribution in [0.4, 0.5) is 5.69 Å². The van der Waals surface area contributed by atoms with E-state index in [1.807, 2.05) is 0 Å². The normalized spacial score (nSPS) is 10.1. The Hall–Kier alpha value is -2.92. The van der Waals surface area contributed by atoms with E-state index in [1.165, 1.54) is 18.6 Å². The summed E-state index contributed by atoms with van der Waals surface area (Å²) < 4.78 is 5.68. The highest BCUT2D eigenvalue weighted by molar-refractivity contribution is 6.30. The number of anilines is 1. The molecule has 0 spiro atoms. The molecule has 0 saturated carbocycles. The van der Waals surface area contributed by atoms with Gasteiger partial charge < -0.3 is 10.1 Å². The molecular weight excluding hydrogens is 314 g/mol. The summed E-state index contributed by atoms with van der Waals surface area (Å²) in [6, 6.07) is 14.1. The van der Waals surface area contributed by atoms with Gasteiger partial charge in [-0.15, -0.1) is 0 Å². The van der Waals surface area contributed by atoms with Crippen LogP contribution in [0.2, 0.25) is 5.02 Å². The van der Waals surface area contributed by atoms with Crippen LogP contribution >= 0.6 is 11.6 Å². The molecular formula is C17H12ClN3O2. The van der Waals surface area contributed by atoms with Crippen molar-refractivity contribution >= 4 is 23.2 Å². The standard InChI is InChI=1S/C17H12ClN3O2/c18-12-1-5-14(6-2-12)23-15-7-3-13(4-8-15)21-17(22)16-11-19-9-10-20-16/h1-11H,(H,21,22). The van der Waals surface area contributed by atoms with Gasteiger partial charge in [0, 0.05) is 23.1 Å². The van der Waals surface area contributed by atoms with Gasteiger partial charge in [-0.1, -0.05) is 11.6 Å². The summed E-state index contributed by atoms with van der Waals surface area (Å²) in [4.78, 5) is 19.8. The van der Waals surface area contributed by atoms with E-state index in [2.05, 4.69) is 15.3 Å². The summed E-state index contributed by atoms with van der Waals surface area (Å²) in [6.45, 7) is 0. The number of nitrogens with zero attached hydrogens (tertiary/aromatic N) is 2. The molecule has 1 amide bonds. The minimum atomic E-state index is -0.315. The maximum Gasteiger partial charge on any atom is 0.275 e. The topological polar surface area (TPSA) is 64.1 Å². The Labute approximate surface area is 137 Å². The molecule has 0 atom stereocenters. The molecule has 0 aliphatic rings. The van der Waals surface area contributed by atoms with Crippen LogP contribution in [0.3, 0.4) is 0 Å². The Morgan fingerprint density at radius 1 is 0.957 bits per heavy atom. The summed E-state index contributed by atoms with van der Waals surface area (Å²) >= 11 is 5.83. The van der Waals surface area contributed by atoms with Gasteiger partial charge in [0.1, 0.15) is 17.2 Å². The quantitative estimate of drug-likeness (QED) is 0.781. The predicted molar refractivity (Wildman–Crippen MR) is 88.0 cm³/mol. The monoisotopic (exact) mass is 325 g/mol. The number of benzene rings is 2. The number of carbonyl (C=O) groups is 1. The molecule has 0 saturated heterocycles. The third-order valence-electron chi connectivity index (χ3n) is 2.96. The molecule has 23 heavy (non-hydrogen) atoms. The molecule has 114 valence electrons. The van der Waals surface area contributed by atoms with Gasteiger partial charge in [0.2, 0.25) is 0 Å². The number of ether oxygens (including phenoxy) is 1. The zero-order chi connectivity index (χ0) is 16.1. The Kier molecular flexibility index (Phi) is 4.49. The number of hydrogen-bond acceptors (Lipinski definition) is 4. The van der Waals surface area contributed by atoms with Crippen molar-refractivity contribution in [3.8, 4) is 11.5 Å². The maximum atomic E-state index is 12.0. The number of hydrogen-bond donors (Lipinski definition) is 1. The van der Waals surface area contributed by atoms with Crippen LogP contribution in [0, 0.1) is 0 Å². The average Bonchev–Trinajstić information content (AvgIpc) is 2.59. The van der Waals surface area contributed by atoms with E-state index < -0.39 is 0 Å². The van der Waals surface area contributed by atoms with Crippen molar-refractivity contribution < 1.29 is 9.53 Å². The van der Waals surface area contributed by atoms with Crippen LogP contribution in [-0.4, -0.2) is 15.9 Å². The Morgan fingerprint density at radius 3 is 2.22 bits per heavy atom. The predicted octanol–water partition coefficient (Wildman–Crippen LogP) is 4.17. The molecule has 2 aromatic carbocycles. The van der Waals surface area contributed by atoms with E-state index in [0.29, 0.717) is 22.2 Å². The van der Waals surface area contributed by atoms with Gasteiger partial charge in [-0.3, -0.25) is 9.78 Å². The van der Waals surface area contributed by atoms with E-state index in [9.17, 15) is 4.79 Å². The number of carbonyl (C=O) groups excluding carboxylic acids is 1. The largest absolute Gasteiger partial charge is 0.457 e. The lowest BCUT2D eigenvalue weighted by molar-refractivity contribution is 0.102. The van der Waals surface area contributed by atoms with Crippen LogP contribution in [0.1, 0.15) is 10.5 Å². The fourth-order valence-corrected chi connectivity index (χ4v) is 1.98. The number of halogens is 1. The summed E-state index contributed by atoms with van der Waals surface area (Å²) in [6.07, 6.45) is 4.39. The highest BCUT2D eigenvalue weighted by Gasteiger charge is 2.07. The fraction of sp³-hybridized carbons (Fsp3) is 0. The summed E-state index contributed by atoms with van der Waals surface area (Å²) in [7, 11) is 0. The second-order valence-electron chi connectivity index (χ2n) is 4.63.